The topological polar surface area (TPSA) is 70.8 Å². The molecule has 0 atom stereocenters. The summed E-state index contributed by atoms with van der Waals surface area (Å²) in [5, 5.41) is 0. The highest BCUT2D eigenvalue weighted by atomic mass is 16.3. The summed E-state index contributed by atoms with van der Waals surface area (Å²) in [5.41, 5.74) is 0.932. The van der Waals surface area contributed by atoms with E-state index >= 15 is 0 Å². The Kier molecular flexibility index (Phi) is 5.22. The number of hydrogen-bond acceptors (Lipinski definition) is 4. The van der Waals surface area contributed by atoms with Gasteiger partial charge >= 0.3 is 0 Å². The van der Waals surface area contributed by atoms with Crippen LogP contribution in [0.4, 0.5) is 0 Å². The highest BCUT2D eigenvalue weighted by molar-refractivity contribution is 6.22. The van der Waals surface area contributed by atoms with E-state index in [0.717, 1.165) is 30.6 Å². The minimum absolute atomic E-state index is 0.0634. The molecule has 0 radical (unpaired) electrons. The van der Waals surface area contributed by atoms with E-state index in [1.807, 2.05) is 0 Å². The van der Waals surface area contributed by atoms with Crippen LogP contribution in [-0.2, 0) is 6.54 Å². The fourth-order valence-electron chi connectivity index (χ4n) is 4.15. The van der Waals surface area contributed by atoms with Crippen molar-refractivity contribution < 1.29 is 18.8 Å². The number of nitrogens with zero attached hydrogens (tertiary/aromatic N) is 2. The van der Waals surface area contributed by atoms with Crippen LogP contribution >= 0.6 is 0 Å². The van der Waals surface area contributed by atoms with Gasteiger partial charge in [-0.3, -0.25) is 19.3 Å². The van der Waals surface area contributed by atoms with Crippen LogP contribution in [0.1, 0.15) is 68.9 Å². The Hall–Kier alpha value is -3.33. The largest absolute Gasteiger partial charge is 0.467 e. The molecule has 0 unspecified atom stereocenters. The number of carbonyl (C=O) groups excluding carboxylic acids is 3. The third-order valence-corrected chi connectivity index (χ3v) is 5.65. The molecule has 2 aromatic rings. The molecule has 29 heavy (non-hydrogen) atoms. The van der Waals surface area contributed by atoms with Crippen LogP contribution in [0.5, 0.6) is 0 Å². The number of terminal acetylenes is 1. The molecule has 4 rings (SSSR count). The maximum Gasteiger partial charge on any atom is 0.261 e. The number of fused-ring (bicyclic) bond motifs is 1. The smallest absolute Gasteiger partial charge is 0.261 e. The molecule has 2 aliphatic rings. The normalized spacial score (nSPS) is 16.6. The van der Waals surface area contributed by atoms with Gasteiger partial charge in [-0.05, 0) is 43.2 Å². The number of rotatable bonds is 5. The SMILES string of the molecule is C#CCN(C(=O)c1ccc2c(c1)C(=O)N(Cc1ccco1)C2=O)C1CCCCC1. The fourth-order valence-corrected chi connectivity index (χ4v) is 4.15. The van der Waals surface area contributed by atoms with Crippen molar-refractivity contribution in [2.75, 3.05) is 6.54 Å². The van der Waals surface area contributed by atoms with Gasteiger partial charge in [0.15, 0.2) is 0 Å². The summed E-state index contributed by atoms with van der Waals surface area (Å²) in [4.78, 5) is 41.5. The Morgan fingerprint density at radius 1 is 1.14 bits per heavy atom. The fraction of sp³-hybridized carbons (Fsp3) is 0.348. The van der Waals surface area contributed by atoms with Gasteiger partial charge in [0.05, 0.1) is 30.5 Å². The van der Waals surface area contributed by atoms with Gasteiger partial charge in [-0.2, -0.15) is 0 Å². The molecule has 1 aromatic carbocycles. The average Bonchev–Trinajstić information content (AvgIpc) is 3.35. The summed E-state index contributed by atoms with van der Waals surface area (Å²) in [6, 6.07) is 8.21. The Balaban J connectivity index is 1.59. The van der Waals surface area contributed by atoms with E-state index in [1.165, 1.54) is 18.8 Å². The summed E-state index contributed by atoms with van der Waals surface area (Å²) in [5.74, 6) is 2.11. The number of furan rings is 1. The lowest BCUT2D eigenvalue weighted by atomic mass is 9.93. The van der Waals surface area contributed by atoms with E-state index in [-0.39, 0.29) is 36.5 Å². The first kappa shape index (κ1) is 19.0. The molecular weight excluding hydrogens is 368 g/mol. The molecule has 0 saturated heterocycles. The second kappa shape index (κ2) is 7.96. The van der Waals surface area contributed by atoms with Gasteiger partial charge in [0.1, 0.15) is 5.76 Å². The van der Waals surface area contributed by atoms with Crippen molar-refractivity contribution in [1.29, 1.82) is 0 Å². The Morgan fingerprint density at radius 2 is 1.90 bits per heavy atom. The van der Waals surface area contributed by atoms with Crippen molar-refractivity contribution >= 4 is 17.7 Å². The van der Waals surface area contributed by atoms with Gasteiger partial charge < -0.3 is 9.32 Å². The zero-order valence-electron chi connectivity index (χ0n) is 16.1. The third kappa shape index (κ3) is 3.56. The van der Waals surface area contributed by atoms with Crippen LogP contribution in [-0.4, -0.2) is 40.1 Å². The predicted molar refractivity (Wildman–Crippen MR) is 106 cm³/mol. The third-order valence-electron chi connectivity index (χ3n) is 5.65. The summed E-state index contributed by atoms with van der Waals surface area (Å²) >= 11 is 0. The molecule has 6 nitrogen and oxygen atoms in total. The minimum Gasteiger partial charge on any atom is -0.467 e. The molecule has 1 aromatic heterocycles. The standard InChI is InChI=1S/C23H22N2O4/c1-2-12-24(17-7-4-3-5-8-17)21(26)16-10-11-19-20(14-16)23(28)25(22(19)27)15-18-9-6-13-29-18/h1,6,9-11,13-14,17H,3-5,7-8,12,15H2. The van der Waals surface area contributed by atoms with Crippen molar-refractivity contribution in [1.82, 2.24) is 9.80 Å². The zero-order valence-corrected chi connectivity index (χ0v) is 16.1. The van der Waals surface area contributed by atoms with Crippen LogP contribution in [0.15, 0.2) is 41.0 Å². The van der Waals surface area contributed by atoms with Gasteiger partial charge in [0, 0.05) is 11.6 Å². The molecule has 0 spiro atoms. The van der Waals surface area contributed by atoms with Crippen LogP contribution in [0.3, 0.4) is 0 Å². The van der Waals surface area contributed by atoms with E-state index in [1.54, 1.807) is 29.2 Å². The monoisotopic (exact) mass is 390 g/mol. The second-order valence-electron chi connectivity index (χ2n) is 7.47. The first-order valence-corrected chi connectivity index (χ1v) is 9.87. The Labute approximate surface area is 169 Å². The molecule has 1 aliphatic carbocycles. The van der Waals surface area contributed by atoms with Gasteiger partial charge in [-0.1, -0.05) is 25.2 Å². The van der Waals surface area contributed by atoms with E-state index < -0.39 is 5.91 Å². The van der Waals surface area contributed by atoms with Gasteiger partial charge in [-0.15, -0.1) is 6.42 Å². The predicted octanol–water partition coefficient (Wildman–Crippen LogP) is 3.48. The lowest BCUT2D eigenvalue weighted by molar-refractivity contribution is 0.0630. The highest BCUT2D eigenvalue weighted by Crippen LogP contribution is 2.28. The van der Waals surface area contributed by atoms with Crippen molar-refractivity contribution in [2.24, 2.45) is 0 Å². The van der Waals surface area contributed by atoms with Crippen LogP contribution in [0.2, 0.25) is 0 Å². The average molecular weight is 390 g/mol. The zero-order chi connectivity index (χ0) is 20.4. The maximum atomic E-state index is 13.2. The lowest BCUT2D eigenvalue weighted by Crippen LogP contribution is -2.41. The molecule has 1 saturated carbocycles. The Morgan fingerprint density at radius 3 is 2.59 bits per heavy atom. The molecule has 1 fully saturated rings. The van der Waals surface area contributed by atoms with Crippen LogP contribution < -0.4 is 0 Å². The van der Waals surface area contributed by atoms with Crippen LogP contribution in [0, 0.1) is 12.3 Å². The van der Waals surface area contributed by atoms with Gasteiger partial charge in [-0.25, -0.2) is 0 Å². The molecule has 0 bridgehead atoms. The number of carbonyl (C=O) groups is 3. The summed E-state index contributed by atoms with van der Waals surface area (Å²) < 4.78 is 5.25. The molecule has 0 N–H and O–H groups in total. The van der Waals surface area contributed by atoms with Gasteiger partial charge in [0.25, 0.3) is 17.7 Å². The van der Waals surface area contributed by atoms with E-state index in [0.29, 0.717) is 16.9 Å². The van der Waals surface area contributed by atoms with Crippen molar-refractivity contribution in [3.05, 3.63) is 59.0 Å². The van der Waals surface area contributed by atoms with Crippen molar-refractivity contribution in [3.8, 4) is 12.3 Å². The molecule has 1 aliphatic heterocycles. The molecule has 148 valence electrons. The number of hydrogen-bond donors (Lipinski definition) is 0. The van der Waals surface area contributed by atoms with E-state index in [2.05, 4.69) is 5.92 Å². The first-order valence-electron chi connectivity index (χ1n) is 9.87. The number of amides is 3. The van der Waals surface area contributed by atoms with Crippen molar-refractivity contribution in [2.45, 2.75) is 44.7 Å². The van der Waals surface area contributed by atoms with Crippen LogP contribution in [0.25, 0.3) is 0 Å². The highest BCUT2D eigenvalue weighted by Gasteiger charge is 2.37. The molecular formula is C23H22N2O4. The maximum absolute atomic E-state index is 13.2. The quantitative estimate of drug-likeness (QED) is 0.579. The number of imide groups is 1. The summed E-state index contributed by atoms with van der Waals surface area (Å²) in [7, 11) is 0. The first-order chi connectivity index (χ1) is 14.1. The van der Waals surface area contributed by atoms with E-state index in [9.17, 15) is 14.4 Å². The number of benzene rings is 1. The Bertz CT molecular complexity index is 981. The van der Waals surface area contributed by atoms with Crippen molar-refractivity contribution in [3.63, 3.8) is 0 Å². The summed E-state index contributed by atoms with van der Waals surface area (Å²) in [6.45, 7) is 0.298. The van der Waals surface area contributed by atoms with E-state index in [4.69, 9.17) is 10.8 Å². The molecule has 2 heterocycles. The van der Waals surface area contributed by atoms with Gasteiger partial charge in [0.2, 0.25) is 0 Å². The second-order valence-corrected chi connectivity index (χ2v) is 7.47. The molecule has 3 amide bonds. The molecule has 6 heteroatoms. The lowest BCUT2D eigenvalue weighted by Gasteiger charge is -2.33. The minimum atomic E-state index is -0.419. The summed E-state index contributed by atoms with van der Waals surface area (Å²) in [6.07, 6.45) is 12.2.